The first-order valence-electron chi connectivity index (χ1n) is 12.1. The summed E-state index contributed by atoms with van der Waals surface area (Å²) in [5, 5.41) is 0. The van der Waals surface area contributed by atoms with Crippen molar-refractivity contribution in [2.45, 2.75) is 119 Å². The molecule has 8 heteroatoms. The Balaban J connectivity index is 3.48. The normalized spacial score (nSPS) is 23.7. The Morgan fingerprint density at radius 1 is 0.969 bits per heavy atom. The lowest BCUT2D eigenvalue weighted by molar-refractivity contribution is -0.152. The van der Waals surface area contributed by atoms with Gasteiger partial charge in [0.25, 0.3) is 0 Å². The molecule has 1 rings (SSSR count). The largest absolute Gasteiger partial charge is 0.444 e. The number of nitrogens with zero attached hydrogens (tertiary/aromatic N) is 1. The molecule has 0 radical (unpaired) electrons. The van der Waals surface area contributed by atoms with E-state index in [1.54, 1.807) is 4.90 Å². The molecule has 3 atom stereocenters. The lowest BCUT2D eigenvalue weighted by atomic mass is 9.77. The second kappa shape index (κ2) is 10.3. The maximum absolute atomic E-state index is 14.1. The lowest BCUT2D eigenvalue weighted by Crippen LogP contribution is -2.58. The van der Waals surface area contributed by atoms with Gasteiger partial charge in [0.2, 0.25) is 0 Å². The first kappa shape index (κ1) is 29.3. The predicted molar refractivity (Wildman–Crippen MR) is 136 cm³/mol. The Bertz CT molecular complexity index is 661. The maximum atomic E-state index is 14.1. The van der Waals surface area contributed by atoms with Gasteiger partial charge in [-0.25, -0.2) is 4.79 Å². The highest BCUT2D eigenvalue weighted by molar-refractivity contribution is 6.49. The number of amides is 1. The van der Waals surface area contributed by atoms with Gasteiger partial charge in [0.05, 0.1) is 6.10 Å². The minimum Gasteiger partial charge on any atom is -0.444 e. The zero-order valence-electron chi connectivity index (χ0n) is 22.9. The van der Waals surface area contributed by atoms with E-state index in [1.807, 2.05) is 33.9 Å². The predicted octanol–water partition coefficient (Wildman–Crippen LogP) is 5.36. The van der Waals surface area contributed by atoms with Gasteiger partial charge < -0.3 is 13.6 Å². The minimum absolute atomic E-state index is 0.0640. The van der Waals surface area contributed by atoms with Gasteiger partial charge in [0, 0.05) is 19.4 Å². The minimum atomic E-state index is -1.68. The first-order chi connectivity index (χ1) is 14.2. The van der Waals surface area contributed by atoms with Crippen LogP contribution in [-0.4, -0.2) is 58.8 Å². The van der Waals surface area contributed by atoms with Crippen molar-refractivity contribution in [1.29, 1.82) is 0 Å². The monoisotopic (exact) mass is 487 g/mol. The Kier molecular flexibility index (Phi) is 9.42. The summed E-state index contributed by atoms with van der Waals surface area (Å²) >= 11 is 0. The van der Waals surface area contributed by atoms with Crippen LogP contribution in [0.2, 0.25) is 26.2 Å². The van der Waals surface area contributed by atoms with Gasteiger partial charge in [0.15, 0.2) is 29.6 Å². The second-order valence-corrected chi connectivity index (χ2v) is 17.7. The highest BCUT2D eigenvalue weighted by Crippen LogP contribution is 2.45. The van der Waals surface area contributed by atoms with Crippen LogP contribution in [0.4, 0.5) is 4.79 Å². The summed E-state index contributed by atoms with van der Waals surface area (Å²) in [5.74, 6) is 0.0612. The van der Waals surface area contributed by atoms with Crippen LogP contribution in [0.3, 0.4) is 0 Å². The van der Waals surface area contributed by atoms with E-state index in [0.717, 1.165) is 0 Å². The van der Waals surface area contributed by atoms with Gasteiger partial charge in [-0.2, -0.15) is 0 Å². The quantitative estimate of drug-likeness (QED) is 0.452. The van der Waals surface area contributed by atoms with Crippen molar-refractivity contribution >= 4 is 30.0 Å². The van der Waals surface area contributed by atoms with Crippen LogP contribution >= 0.6 is 0 Å². The molecular formula is C24H49NO5Si2. The van der Waals surface area contributed by atoms with E-state index in [-0.39, 0.29) is 35.1 Å². The molecule has 0 bridgehead atoms. The molecule has 0 aromatic heterocycles. The number of carbonyl (C=O) groups excluding carboxylic acids is 2. The van der Waals surface area contributed by atoms with Crippen molar-refractivity contribution < 1.29 is 23.2 Å². The van der Waals surface area contributed by atoms with E-state index in [2.05, 4.69) is 54.6 Å². The van der Waals surface area contributed by atoms with Gasteiger partial charge >= 0.3 is 6.09 Å². The summed E-state index contributed by atoms with van der Waals surface area (Å²) < 4.78 is 18.6. The number of rotatable bonds is 7. The molecule has 1 heterocycles. The third-order valence-corrected chi connectivity index (χ3v) is 7.57. The molecule has 0 aromatic rings. The molecule has 1 fully saturated rings. The number of hydrogen-bond acceptors (Lipinski definition) is 5. The summed E-state index contributed by atoms with van der Waals surface area (Å²) in [6, 6.07) is 0. The average molecular weight is 488 g/mol. The van der Waals surface area contributed by atoms with Gasteiger partial charge in [-0.15, -0.1) is 0 Å². The summed E-state index contributed by atoms with van der Waals surface area (Å²) in [4.78, 5) is 29.0. The van der Waals surface area contributed by atoms with Gasteiger partial charge in [-0.05, 0) is 63.7 Å². The van der Waals surface area contributed by atoms with Crippen molar-refractivity contribution in [2.24, 2.45) is 16.7 Å². The maximum Gasteiger partial charge on any atom is 0.412 e. The Labute approximate surface area is 200 Å². The Hall–Kier alpha value is -0.706. The second-order valence-electron chi connectivity index (χ2n) is 13.0. The van der Waals surface area contributed by atoms with E-state index in [4.69, 9.17) is 13.6 Å². The number of ketones is 1. The van der Waals surface area contributed by atoms with Crippen LogP contribution in [0, 0.1) is 16.7 Å². The highest BCUT2D eigenvalue weighted by atomic mass is 28.3. The van der Waals surface area contributed by atoms with Crippen LogP contribution < -0.4 is 0 Å². The molecular weight excluding hydrogens is 438 g/mol. The number of likely N-dealkylation sites (tertiary alicyclic amines) is 1. The van der Waals surface area contributed by atoms with Crippen molar-refractivity contribution in [3.63, 3.8) is 0 Å². The molecule has 1 aliphatic rings. The van der Waals surface area contributed by atoms with Crippen molar-refractivity contribution in [3.05, 3.63) is 0 Å². The fourth-order valence-electron chi connectivity index (χ4n) is 4.04. The fraction of sp³-hybridized carbons (Fsp3) is 0.917. The smallest absolute Gasteiger partial charge is 0.412 e. The fourth-order valence-corrected chi connectivity index (χ4v) is 6.34. The van der Waals surface area contributed by atoms with Crippen molar-refractivity contribution in [3.8, 4) is 0 Å². The van der Waals surface area contributed by atoms with E-state index in [0.29, 0.717) is 13.0 Å². The zero-order valence-corrected chi connectivity index (χ0v) is 25.2. The first-order valence-corrected chi connectivity index (χ1v) is 17.6. The van der Waals surface area contributed by atoms with Crippen LogP contribution in [0.15, 0.2) is 0 Å². The molecule has 0 aromatic carbocycles. The highest BCUT2D eigenvalue weighted by Gasteiger charge is 2.57. The van der Waals surface area contributed by atoms with E-state index >= 15 is 0 Å². The number of ether oxygens (including phenoxy) is 1. The van der Waals surface area contributed by atoms with Crippen LogP contribution in [0.1, 0.15) is 75.2 Å². The molecule has 0 spiro atoms. The number of carbonyl (C=O) groups is 2. The van der Waals surface area contributed by atoms with Gasteiger partial charge in [-0.3, -0.25) is 9.69 Å². The summed E-state index contributed by atoms with van der Waals surface area (Å²) in [7, 11) is -3.04. The molecule has 0 N–H and O–H groups in total. The van der Waals surface area contributed by atoms with Crippen LogP contribution in [0.5, 0.6) is 0 Å². The average Bonchev–Trinajstić information content (AvgIpc) is 2.91. The molecule has 1 aliphatic heterocycles. The van der Waals surface area contributed by atoms with Gasteiger partial charge in [0.1, 0.15) is 5.60 Å². The topological polar surface area (TPSA) is 65.1 Å². The van der Waals surface area contributed by atoms with Crippen LogP contribution in [0.25, 0.3) is 0 Å². The van der Waals surface area contributed by atoms with Crippen molar-refractivity contribution in [2.75, 3.05) is 6.54 Å². The molecule has 0 aliphatic carbocycles. The zero-order chi connectivity index (χ0) is 25.3. The molecule has 0 saturated carbocycles. The summed E-state index contributed by atoms with van der Waals surface area (Å²) in [6.07, 6.45) is 0.0330. The summed E-state index contributed by atoms with van der Waals surface area (Å²) in [6.45, 7) is 27.1. The third kappa shape index (κ3) is 7.96. The Morgan fingerprint density at radius 3 is 1.88 bits per heavy atom. The van der Waals surface area contributed by atoms with E-state index in [9.17, 15) is 9.59 Å². The van der Waals surface area contributed by atoms with E-state index in [1.165, 1.54) is 0 Å². The molecule has 1 amide bonds. The standard InChI is InChI=1S/C24H49NO5Si2/c1-21(2,3)17-15-24(30-32(12)13,25(16-17)20(27)28-23(7,8)9)18(26)14-19(22(4,5)6)29-31(10)11/h17,19,31-32H,14-16H2,1-13H3/t17-,19?,24-/m0/s1. The summed E-state index contributed by atoms with van der Waals surface area (Å²) in [5.41, 5.74) is -2.20. The number of hydrogen-bond donors (Lipinski definition) is 0. The van der Waals surface area contributed by atoms with Crippen molar-refractivity contribution in [1.82, 2.24) is 4.90 Å². The Morgan fingerprint density at radius 2 is 1.50 bits per heavy atom. The molecule has 188 valence electrons. The lowest BCUT2D eigenvalue weighted by Gasteiger charge is -2.41. The molecule has 1 unspecified atom stereocenters. The SMILES string of the molecule is C[SiH](C)OC(CC(=O)[C@@]1(O[SiH](C)C)C[C@H](C(C)(C)C)CN1C(=O)OC(C)(C)C)C(C)(C)C. The molecule has 6 nitrogen and oxygen atoms in total. The molecule has 1 saturated heterocycles. The van der Waals surface area contributed by atoms with Gasteiger partial charge in [-0.1, -0.05) is 41.5 Å². The van der Waals surface area contributed by atoms with Crippen LogP contribution in [-0.2, 0) is 18.4 Å². The third-order valence-electron chi connectivity index (χ3n) is 5.84. The number of Topliss-reactive ketones (excluding diaryl/α,β-unsaturated/α-hetero) is 1. The van der Waals surface area contributed by atoms with E-state index < -0.39 is 35.5 Å². The molecule has 32 heavy (non-hydrogen) atoms.